The molecule has 1 aromatic rings. The first kappa shape index (κ1) is 13.3. The van der Waals surface area contributed by atoms with Crippen molar-refractivity contribution in [3.63, 3.8) is 0 Å². The van der Waals surface area contributed by atoms with E-state index in [2.05, 4.69) is 4.90 Å². The summed E-state index contributed by atoms with van der Waals surface area (Å²) < 4.78 is 5.48. The minimum Gasteiger partial charge on any atom is -0.393 e. The van der Waals surface area contributed by atoms with Gasteiger partial charge >= 0.3 is 0 Å². The molecule has 2 rings (SSSR count). The average molecular weight is 276 g/mol. The lowest BCUT2D eigenvalue weighted by Gasteiger charge is -2.36. The van der Waals surface area contributed by atoms with Gasteiger partial charge in [-0.2, -0.15) is 0 Å². The van der Waals surface area contributed by atoms with E-state index in [4.69, 9.17) is 16.3 Å². The van der Waals surface area contributed by atoms with Crippen molar-refractivity contribution in [1.29, 1.82) is 0 Å². The summed E-state index contributed by atoms with van der Waals surface area (Å²) in [7, 11) is 0. The van der Waals surface area contributed by atoms with Gasteiger partial charge in [-0.25, -0.2) is 0 Å². The van der Waals surface area contributed by atoms with Crippen LogP contribution in [0.2, 0.25) is 5.02 Å². The van der Waals surface area contributed by atoms with Gasteiger partial charge in [0.15, 0.2) is 0 Å². The lowest BCUT2D eigenvalue weighted by Crippen LogP contribution is -2.46. The maximum Gasteiger partial charge on any atom is 0.0623 e. The number of aliphatic hydroxyl groups is 1. The molecule has 5 heteroatoms. The fraction of sp³-hybridized carbons (Fsp3) is 0.667. The first-order valence-electron chi connectivity index (χ1n) is 5.88. The van der Waals surface area contributed by atoms with Crippen LogP contribution in [0.15, 0.2) is 11.4 Å². The van der Waals surface area contributed by atoms with E-state index >= 15 is 0 Å². The van der Waals surface area contributed by atoms with Gasteiger partial charge in [0.2, 0.25) is 0 Å². The van der Waals surface area contributed by atoms with E-state index in [1.54, 1.807) is 11.3 Å². The highest BCUT2D eigenvalue weighted by molar-refractivity contribution is 7.10. The van der Waals surface area contributed by atoms with Crippen LogP contribution < -0.4 is 0 Å². The van der Waals surface area contributed by atoms with E-state index in [1.807, 2.05) is 18.4 Å². The van der Waals surface area contributed by atoms with Gasteiger partial charge in [0.25, 0.3) is 0 Å². The van der Waals surface area contributed by atoms with Gasteiger partial charge in [-0.3, -0.25) is 4.90 Å². The maximum atomic E-state index is 9.50. The maximum absolute atomic E-state index is 9.50. The van der Waals surface area contributed by atoms with Crippen LogP contribution in [0.1, 0.15) is 18.2 Å². The summed E-state index contributed by atoms with van der Waals surface area (Å²) in [5.74, 6) is 0. The molecule has 0 aromatic carbocycles. The van der Waals surface area contributed by atoms with Crippen LogP contribution in [0.5, 0.6) is 0 Å². The molecule has 1 fully saturated rings. The Hall–Kier alpha value is -0.130. The highest BCUT2D eigenvalue weighted by Crippen LogP contribution is 2.25. The summed E-state index contributed by atoms with van der Waals surface area (Å²) in [5, 5.41) is 12.4. The minimum absolute atomic E-state index is 0.289. The second-order valence-electron chi connectivity index (χ2n) is 4.48. The van der Waals surface area contributed by atoms with Crippen molar-refractivity contribution in [2.45, 2.75) is 32.0 Å². The number of hydrogen-bond acceptors (Lipinski definition) is 4. The third kappa shape index (κ3) is 3.66. The standard InChI is InChI=1S/C12H18ClNO2S/c1-9(15)6-10-8-16-4-3-14(10)7-12-11(13)2-5-17-12/h2,5,9-10,15H,3-4,6-8H2,1H3/t9-,10-/m1/s1. The van der Waals surface area contributed by atoms with E-state index in [1.165, 1.54) is 4.88 Å². The van der Waals surface area contributed by atoms with Crippen molar-refractivity contribution in [3.05, 3.63) is 21.3 Å². The molecule has 0 unspecified atom stereocenters. The highest BCUT2D eigenvalue weighted by Gasteiger charge is 2.25. The summed E-state index contributed by atoms with van der Waals surface area (Å²) in [5.41, 5.74) is 0. The summed E-state index contributed by atoms with van der Waals surface area (Å²) in [6.07, 6.45) is 0.464. The molecular weight excluding hydrogens is 258 g/mol. The SMILES string of the molecule is C[C@@H](O)C[C@@H]1COCCN1Cc1sccc1Cl. The molecular formula is C12H18ClNO2S. The third-order valence-corrected chi connectivity index (χ3v) is 4.37. The Labute approximate surface area is 111 Å². The van der Waals surface area contributed by atoms with Gasteiger partial charge in [-0.05, 0) is 24.8 Å². The lowest BCUT2D eigenvalue weighted by molar-refractivity contribution is -0.0272. The van der Waals surface area contributed by atoms with Crippen molar-refractivity contribution in [3.8, 4) is 0 Å². The smallest absolute Gasteiger partial charge is 0.0623 e. The highest BCUT2D eigenvalue weighted by atomic mass is 35.5. The molecule has 1 aliphatic rings. The topological polar surface area (TPSA) is 32.7 Å². The fourth-order valence-electron chi connectivity index (χ4n) is 2.13. The van der Waals surface area contributed by atoms with Crippen LogP contribution in [-0.2, 0) is 11.3 Å². The number of thiophene rings is 1. The van der Waals surface area contributed by atoms with Gasteiger partial charge in [0.1, 0.15) is 0 Å². The van der Waals surface area contributed by atoms with Crippen molar-refractivity contribution < 1.29 is 9.84 Å². The Balaban J connectivity index is 1.99. The van der Waals surface area contributed by atoms with Crippen LogP contribution in [-0.4, -0.2) is 41.9 Å². The van der Waals surface area contributed by atoms with E-state index in [0.29, 0.717) is 12.6 Å². The predicted molar refractivity (Wildman–Crippen MR) is 70.6 cm³/mol. The monoisotopic (exact) mass is 275 g/mol. The van der Waals surface area contributed by atoms with Crippen molar-refractivity contribution in [1.82, 2.24) is 4.90 Å². The number of rotatable bonds is 4. The number of morpholine rings is 1. The molecule has 0 saturated carbocycles. The van der Waals surface area contributed by atoms with Crippen LogP contribution >= 0.6 is 22.9 Å². The zero-order chi connectivity index (χ0) is 12.3. The second-order valence-corrected chi connectivity index (χ2v) is 5.88. The van der Waals surface area contributed by atoms with Gasteiger partial charge in [0.05, 0.1) is 24.3 Å². The molecule has 2 heterocycles. The Morgan fingerprint density at radius 2 is 2.53 bits per heavy atom. The van der Waals surface area contributed by atoms with Crippen molar-refractivity contribution in [2.75, 3.05) is 19.8 Å². The van der Waals surface area contributed by atoms with Crippen LogP contribution in [0.25, 0.3) is 0 Å². The summed E-state index contributed by atoms with van der Waals surface area (Å²) in [4.78, 5) is 3.55. The quantitative estimate of drug-likeness (QED) is 0.916. The zero-order valence-corrected chi connectivity index (χ0v) is 11.5. The van der Waals surface area contributed by atoms with Gasteiger partial charge in [-0.15, -0.1) is 11.3 Å². The van der Waals surface area contributed by atoms with Crippen molar-refractivity contribution >= 4 is 22.9 Å². The van der Waals surface area contributed by atoms with Gasteiger partial charge < -0.3 is 9.84 Å². The molecule has 2 atom stereocenters. The predicted octanol–water partition coefficient (Wildman–Crippen LogP) is 2.37. The van der Waals surface area contributed by atoms with E-state index < -0.39 is 0 Å². The average Bonchev–Trinajstić information content (AvgIpc) is 2.67. The largest absolute Gasteiger partial charge is 0.393 e. The number of aliphatic hydroxyl groups excluding tert-OH is 1. The van der Waals surface area contributed by atoms with Crippen molar-refractivity contribution in [2.24, 2.45) is 0 Å². The Kier molecular flexibility index (Phi) is 4.82. The first-order chi connectivity index (χ1) is 8.16. The molecule has 0 bridgehead atoms. The summed E-state index contributed by atoms with van der Waals surface area (Å²) in [6.45, 7) is 5.06. The van der Waals surface area contributed by atoms with Crippen LogP contribution in [0.4, 0.5) is 0 Å². The molecule has 1 saturated heterocycles. The third-order valence-electron chi connectivity index (χ3n) is 3.00. The molecule has 96 valence electrons. The van der Waals surface area contributed by atoms with E-state index in [0.717, 1.165) is 31.1 Å². The molecule has 1 N–H and O–H groups in total. The molecule has 17 heavy (non-hydrogen) atoms. The Morgan fingerprint density at radius 1 is 1.71 bits per heavy atom. The summed E-state index contributed by atoms with van der Waals surface area (Å²) in [6, 6.07) is 2.23. The number of hydrogen-bond donors (Lipinski definition) is 1. The molecule has 3 nitrogen and oxygen atoms in total. The first-order valence-corrected chi connectivity index (χ1v) is 7.14. The molecule has 0 radical (unpaired) electrons. The minimum atomic E-state index is -0.289. The molecule has 1 aliphatic heterocycles. The fourth-order valence-corrected chi connectivity index (χ4v) is 3.25. The summed E-state index contributed by atoms with van der Waals surface area (Å²) >= 11 is 7.80. The number of ether oxygens (including phenoxy) is 1. The van der Waals surface area contributed by atoms with E-state index in [-0.39, 0.29) is 6.10 Å². The van der Waals surface area contributed by atoms with E-state index in [9.17, 15) is 5.11 Å². The Bertz CT molecular complexity index is 356. The molecule has 0 aliphatic carbocycles. The zero-order valence-electron chi connectivity index (χ0n) is 9.93. The normalized spacial score (nSPS) is 23.8. The van der Waals surface area contributed by atoms with Crippen LogP contribution in [0.3, 0.4) is 0 Å². The second kappa shape index (κ2) is 6.16. The van der Waals surface area contributed by atoms with Crippen LogP contribution in [0, 0.1) is 0 Å². The molecule has 0 amide bonds. The lowest BCUT2D eigenvalue weighted by atomic mass is 10.1. The molecule has 0 spiro atoms. The number of halogens is 1. The van der Waals surface area contributed by atoms with Gasteiger partial charge in [-0.1, -0.05) is 11.6 Å². The number of nitrogens with zero attached hydrogens (tertiary/aromatic N) is 1. The molecule has 1 aromatic heterocycles. The Morgan fingerprint density at radius 3 is 3.18 bits per heavy atom. The van der Waals surface area contributed by atoms with Gasteiger partial charge in [0, 0.05) is 24.0 Å².